The van der Waals surface area contributed by atoms with Crippen molar-refractivity contribution in [1.29, 1.82) is 0 Å². The maximum absolute atomic E-state index is 7.00. The van der Waals surface area contributed by atoms with Gasteiger partial charge in [-0.1, -0.05) is 30.3 Å². The fourth-order valence-electron chi connectivity index (χ4n) is 0.614. The predicted molar refractivity (Wildman–Crippen MR) is 50.6 cm³/mol. The van der Waals surface area contributed by atoms with Gasteiger partial charge in [0.25, 0.3) is 0 Å². The summed E-state index contributed by atoms with van der Waals surface area (Å²) in [5, 5.41) is 14.0. The molecule has 0 aromatic heterocycles. The van der Waals surface area contributed by atoms with Crippen LogP contribution in [0.5, 0.6) is 0 Å². The maximum Gasteiger partial charge on any atom is 0.0319 e. The molecule has 1 aromatic carbocycles. The standard InChI is InChI=1S/C7H9N.2CH4O/c8-6-7-4-2-1-3-5-7;2*1-2/h1-5H,6,8H2;2*2H,1H3. The highest BCUT2D eigenvalue weighted by molar-refractivity contribution is 5.13. The zero-order valence-corrected chi connectivity index (χ0v) is 7.57. The molecule has 0 spiro atoms. The molecule has 4 N–H and O–H groups in total. The first-order valence-electron chi connectivity index (χ1n) is 3.57. The van der Waals surface area contributed by atoms with Gasteiger partial charge in [0, 0.05) is 20.8 Å². The predicted octanol–water partition coefficient (Wildman–Crippen LogP) is 0.362. The summed E-state index contributed by atoms with van der Waals surface area (Å²) in [5.41, 5.74) is 6.54. The summed E-state index contributed by atoms with van der Waals surface area (Å²) >= 11 is 0. The first-order chi connectivity index (χ1) is 5.93. The van der Waals surface area contributed by atoms with E-state index in [1.165, 1.54) is 5.56 Å². The highest BCUT2D eigenvalue weighted by atomic mass is 16.2. The lowest BCUT2D eigenvalue weighted by molar-refractivity contribution is 0.399. The van der Waals surface area contributed by atoms with Crippen molar-refractivity contribution in [1.82, 2.24) is 0 Å². The van der Waals surface area contributed by atoms with E-state index in [4.69, 9.17) is 15.9 Å². The molecule has 0 saturated heterocycles. The quantitative estimate of drug-likeness (QED) is 0.571. The number of aliphatic hydroxyl groups excluding tert-OH is 2. The molecular formula is C9H17NO2. The summed E-state index contributed by atoms with van der Waals surface area (Å²) in [6, 6.07) is 9.99. The minimum atomic E-state index is 0.640. The van der Waals surface area contributed by atoms with Crippen LogP contribution in [-0.4, -0.2) is 24.4 Å². The zero-order valence-electron chi connectivity index (χ0n) is 7.57. The van der Waals surface area contributed by atoms with Gasteiger partial charge in [-0.25, -0.2) is 0 Å². The van der Waals surface area contributed by atoms with Gasteiger partial charge in [0.05, 0.1) is 0 Å². The lowest BCUT2D eigenvalue weighted by atomic mass is 10.2. The van der Waals surface area contributed by atoms with Crippen molar-refractivity contribution in [2.75, 3.05) is 14.2 Å². The summed E-state index contributed by atoms with van der Waals surface area (Å²) in [7, 11) is 2.00. The molecule has 0 amide bonds. The van der Waals surface area contributed by atoms with Gasteiger partial charge in [0.2, 0.25) is 0 Å². The molecule has 0 aliphatic heterocycles. The molecule has 0 bridgehead atoms. The number of rotatable bonds is 1. The third kappa shape index (κ3) is 7.21. The van der Waals surface area contributed by atoms with Crippen molar-refractivity contribution < 1.29 is 10.2 Å². The van der Waals surface area contributed by atoms with Crippen LogP contribution in [0.2, 0.25) is 0 Å². The second kappa shape index (κ2) is 12.7. The first kappa shape index (κ1) is 13.7. The molecule has 0 unspecified atom stereocenters. The Morgan fingerprint density at radius 3 is 1.67 bits per heavy atom. The fraction of sp³-hybridized carbons (Fsp3) is 0.333. The highest BCUT2D eigenvalue weighted by Crippen LogP contribution is 1.94. The number of aliphatic hydroxyl groups is 2. The molecule has 3 nitrogen and oxygen atoms in total. The average Bonchev–Trinajstić information content (AvgIpc) is 2.25. The molecule has 1 aromatic rings. The molecule has 70 valence electrons. The molecule has 12 heavy (non-hydrogen) atoms. The molecule has 0 aliphatic carbocycles. The Bertz CT molecular complexity index is 154. The van der Waals surface area contributed by atoms with Crippen LogP contribution in [0.4, 0.5) is 0 Å². The van der Waals surface area contributed by atoms with Crippen LogP contribution in [0.3, 0.4) is 0 Å². The van der Waals surface area contributed by atoms with Crippen molar-refractivity contribution in [2.45, 2.75) is 6.54 Å². The summed E-state index contributed by atoms with van der Waals surface area (Å²) in [6.45, 7) is 0.640. The number of benzene rings is 1. The third-order valence-electron chi connectivity index (χ3n) is 1.08. The Balaban J connectivity index is 0. The van der Waals surface area contributed by atoms with Gasteiger partial charge in [0.15, 0.2) is 0 Å². The van der Waals surface area contributed by atoms with E-state index in [1.807, 2.05) is 30.3 Å². The van der Waals surface area contributed by atoms with Gasteiger partial charge in [-0.05, 0) is 5.56 Å². The van der Waals surface area contributed by atoms with Crippen LogP contribution in [-0.2, 0) is 6.54 Å². The molecule has 0 heterocycles. The molecule has 0 fully saturated rings. The van der Waals surface area contributed by atoms with Gasteiger partial charge in [-0.3, -0.25) is 0 Å². The second-order valence-electron chi connectivity index (χ2n) is 1.69. The largest absolute Gasteiger partial charge is 0.400 e. The van der Waals surface area contributed by atoms with E-state index in [2.05, 4.69) is 0 Å². The van der Waals surface area contributed by atoms with E-state index < -0.39 is 0 Å². The smallest absolute Gasteiger partial charge is 0.0319 e. The Kier molecular flexibility index (Phi) is 14.5. The summed E-state index contributed by atoms with van der Waals surface area (Å²) in [6.07, 6.45) is 0. The van der Waals surface area contributed by atoms with E-state index in [9.17, 15) is 0 Å². The fourth-order valence-corrected chi connectivity index (χ4v) is 0.614. The van der Waals surface area contributed by atoms with Crippen LogP contribution in [0.15, 0.2) is 30.3 Å². The number of hydrogen-bond acceptors (Lipinski definition) is 3. The second-order valence-corrected chi connectivity index (χ2v) is 1.69. The Morgan fingerprint density at radius 1 is 1.00 bits per heavy atom. The van der Waals surface area contributed by atoms with Crippen molar-refractivity contribution in [3.63, 3.8) is 0 Å². The summed E-state index contributed by atoms with van der Waals surface area (Å²) in [5.74, 6) is 0. The summed E-state index contributed by atoms with van der Waals surface area (Å²) in [4.78, 5) is 0. The van der Waals surface area contributed by atoms with Gasteiger partial charge in [-0.2, -0.15) is 0 Å². The topological polar surface area (TPSA) is 66.5 Å². The van der Waals surface area contributed by atoms with Crippen LogP contribution >= 0.6 is 0 Å². The minimum Gasteiger partial charge on any atom is -0.400 e. The molecule has 0 aliphatic rings. The van der Waals surface area contributed by atoms with E-state index in [-0.39, 0.29) is 0 Å². The molecule has 3 heteroatoms. The number of nitrogens with two attached hydrogens (primary N) is 1. The van der Waals surface area contributed by atoms with Crippen molar-refractivity contribution >= 4 is 0 Å². The third-order valence-corrected chi connectivity index (χ3v) is 1.08. The zero-order chi connectivity index (χ0) is 9.82. The first-order valence-corrected chi connectivity index (χ1v) is 3.57. The van der Waals surface area contributed by atoms with Gasteiger partial charge >= 0.3 is 0 Å². The SMILES string of the molecule is CO.CO.NCc1ccccc1. The Morgan fingerprint density at radius 2 is 1.42 bits per heavy atom. The van der Waals surface area contributed by atoms with E-state index in [0.29, 0.717) is 6.54 Å². The van der Waals surface area contributed by atoms with E-state index in [0.717, 1.165) is 14.2 Å². The molecule has 0 saturated carbocycles. The van der Waals surface area contributed by atoms with Crippen molar-refractivity contribution in [3.05, 3.63) is 35.9 Å². The van der Waals surface area contributed by atoms with E-state index in [1.54, 1.807) is 0 Å². The lowest BCUT2D eigenvalue weighted by Crippen LogP contribution is -1.94. The van der Waals surface area contributed by atoms with Gasteiger partial charge < -0.3 is 15.9 Å². The Labute approximate surface area is 73.5 Å². The van der Waals surface area contributed by atoms with Crippen molar-refractivity contribution in [3.8, 4) is 0 Å². The monoisotopic (exact) mass is 171 g/mol. The molecular weight excluding hydrogens is 154 g/mol. The summed E-state index contributed by atoms with van der Waals surface area (Å²) < 4.78 is 0. The Hall–Kier alpha value is -0.900. The van der Waals surface area contributed by atoms with Crippen molar-refractivity contribution in [2.24, 2.45) is 5.73 Å². The van der Waals surface area contributed by atoms with E-state index >= 15 is 0 Å². The van der Waals surface area contributed by atoms with Crippen LogP contribution in [0, 0.1) is 0 Å². The minimum absolute atomic E-state index is 0.640. The maximum atomic E-state index is 7.00. The average molecular weight is 171 g/mol. The molecule has 1 rings (SSSR count). The van der Waals surface area contributed by atoms with Crippen LogP contribution < -0.4 is 5.73 Å². The van der Waals surface area contributed by atoms with Gasteiger partial charge in [0.1, 0.15) is 0 Å². The normalized spacial score (nSPS) is 7.08. The molecule has 0 atom stereocenters. The van der Waals surface area contributed by atoms with Crippen LogP contribution in [0.1, 0.15) is 5.56 Å². The van der Waals surface area contributed by atoms with Gasteiger partial charge in [-0.15, -0.1) is 0 Å². The lowest BCUT2D eigenvalue weighted by Gasteiger charge is -1.90. The molecule has 0 radical (unpaired) electrons. The highest BCUT2D eigenvalue weighted by Gasteiger charge is 1.80. The van der Waals surface area contributed by atoms with Crippen LogP contribution in [0.25, 0.3) is 0 Å². The number of hydrogen-bond donors (Lipinski definition) is 3.